The average Bonchev–Trinajstić information content (AvgIpc) is 3.27. The molecule has 0 aliphatic heterocycles. The van der Waals surface area contributed by atoms with Gasteiger partial charge in [-0.2, -0.15) is 9.78 Å². The van der Waals surface area contributed by atoms with E-state index in [9.17, 15) is 9.59 Å². The molecule has 0 atom stereocenters. The number of methoxy groups -OCH3 is 1. The van der Waals surface area contributed by atoms with E-state index in [4.69, 9.17) is 19.2 Å². The van der Waals surface area contributed by atoms with Gasteiger partial charge in [0, 0.05) is 5.39 Å². The van der Waals surface area contributed by atoms with Crippen LogP contribution in [-0.2, 0) is 9.53 Å². The Morgan fingerprint density at radius 2 is 1.86 bits per heavy atom. The topological polar surface area (TPSA) is 105 Å². The number of amides is 1. The molecule has 9 heteroatoms. The number of nitrogens with zero attached hydrogens (tertiary/aromatic N) is 3. The van der Waals surface area contributed by atoms with Gasteiger partial charge in [0.1, 0.15) is 22.6 Å². The summed E-state index contributed by atoms with van der Waals surface area (Å²) in [7, 11) is 1.57. The zero-order valence-electron chi connectivity index (χ0n) is 20.0. The van der Waals surface area contributed by atoms with Crippen molar-refractivity contribution in [2.75, 3.05) is 25.6 Å². The third-order valence-electron chi connectivity index (χ3n) is 5.35. The monoisotopic (exact) mass is 474 g/mol. The van der Waals surface area contributed by atoms with E-state index in [1.54, 1.807) is 26.2 Å². The third-order valence-corrected chi connectivity index (χ3v) is 5.35. The second-order valence-electron chi connectivity index (χ2n) is 7.84. The average molecular weight is 475 g/mol. The van der Waals surface area contributed by atoms with Crippen LogP contribution in [0.3, 0.4) is 0 Å². The highest BCUT2D eigenvalue weighted by Gasteiger charge is 2.23. The van der Waals surface area contributed by atoms with Gasteiger partial charge in [-0.25, -0.2) is 9.78 Å². The summed E-state index contributed by atoms with van der Waals surface area (Å²) in [6.07, 6.45) is 1.35. The Kier molecular flexibility index (Phi) is 6.96. The molecule has 0 aliphatic carbocycles. The van der Waals surface area contributed by atoms with Crippen LogP contribution < -0.4 is 14.8 Å². The van der Waals surface area contributed by atoms with E-state index in [0.29, 0.717) is 22.8 Å². The van der Waals surface area contributed by atoms with Crippen LogP contribution in [0.1, 0.15) is 28.4 Å². The Morgan fingerprint density at radius 1 is 1.09 bits per heavy atom. The summed E-state index contributed by atoms with van der Waals surface area (Å²) in [6.45, 7) is 5.53. The Balaban J connectivity index is 1.69. The number of hydrogen-bond donors (Lipinski definition) is 1. The molecular formula is C26H26N4O5. The van der Waals surface area contributed by atoms with Crippen molar-refractivity contribution in [2.45, 2.75) is 20.8 Å². The van der Waals surface area contributed by atoms with E-state index >= 15 is 0 Å². The largest absolute Gasteiger partial charge is 0.494 e. The summed E-state index contributed by atoms with van der Waals surface area (Å²) in [5.41, 5.74) is 2.75. The van der Waals surface area contributed by atoms with Crippen molar-refractivity contribution in [3.8, 4) is 17.3 Å². The second-order valence-corrected chi connectivity index (χ2v) is 7.84. The molecule has 0 aliphatic rings. The maximum atomic E-state index is 12.8. The maximum Gasteiger partial charge on any atom is 0.343 e. The maximum absolute atomic E-state index is 12.8. The fourth-order valence-electron chi connectivity index (χ4n) is 3.60. The number of pyridine rings is 1. The first-order valence-corrected chi connectivity index (χ1v) is 11.1. The summed E-state index contributed by atoms with van der Waals surface area (Å²) in [4.78, 5) is 30.1. The van der Waals surface area contributed by atoms with Gasteiger partial charge in [-0.1, -0.05) is 29.8 Å². The molecule has 0 spiro atoms. The summed E-state index contributed by atoms with van der Waals surface area (Å²) in [5, 5.41) is 7.99. The van der Waals surface area contributed by atoms with Gasteiger partial charge < -0.3 is 19.5 Å². The minimum atomic E-state index is -0.608. The van der Waals surface area contributed by atoms with Crippen LogP contribution in [0, 0.1) is 13.8 Å². The number of benzene rings is 2. The number of fused-ring (bicyclic) bond motifs is 1. The number of aryl methyl sites for hydroxylation is 2. The molecule has 1 amide bonds. The molecule has 1 N–H and O–H groups in total. The molecule has 2 aromatic heterocycles. The number of aromatic nitrogens is 3. The molecule has 2 aromatic carbocycles. The smallest absolute Gasteiger partial charge is 0.343 e. The van der Waals surface area contributed by atoms with Crippen molar-refractivity contribution in [1.29, 1.82) is 0 Å². The molecule has 0 unspecified atom stereocenters. The molecule has 0 fully saturated rings. The van der Waals surface area contributed by atoms with Gasteiger partial charge in [0.25, 0.3) is 5.91 Å². The van der Waals surface area contributed by atoms with Crippen molar-refractivity contribution in [1.82, 2.24) is 14.8 Å². The number of hydrogen-bond acceptors (Lipinski definition) is 7. The lowest BCUT2D eigenvalue weighted by atomic mass is 10.1. The number of carbonyl (C=O) groups is 2. The SMILES string of the molecule is CCOC(=O)c1cnn(-c2cc(C)c3cccc(OC)c3n2)c1NC(=O)COc1ccc(C)cc1. The molecule has 0 saturated heterocycles. The van der Waals surface area contributed by atoms with Gasteiger partial charge in [-0.15, -0.1) is 0 Å². The van der Waals surface area contributed by atoms with E-state index in [1.807, 2.05) is 50.2 Å². The van der Waals surface area contributed by atoms with Crippen molar-refractivity contribution >= 4 is 28.6 Å². The van der Waals surface area contributed by atoms with Crippen LogP contribution in [0.4, 0.5) is 5.82 Å². The quantitative estimate of drug-likeness (QED) is 0.381. The highest BCUT2D eigenvalue weighted by atomic mass is 16.5. The molecule has 2 heterocycles. The van der Waals surface area contributed by atoms with Gasteiger partial charge in [0.05, 0.1) is 19.9 Å². The number of rotatable bonds is 8. The predicted molar refractivity (Wildman–Crippen MR) is 131 cm³/mol. The van der Waals surface area contributed by atoms with Gasteiger partial charge >= 0.3 is 5.97 Å². The lowest BCUT2D eigenvalue weighted by molar-refractivity contribution is -0.118. The standard InChI is InChI=1S/C26H26N4O5/c1-5-34-26(32)20-14-27-30(22-13-17(3)19-7-6-8-21(33-4)24(19)28-22)25(20)29-23(31)15-35-18-11-9-16(2)10-12-18/h6-14H,5,15H2,1-4H3,(H,29,31). The first kappa shape index (κ1) is 23.7. The molecule has 0 saturated carbocycles. The van der Waals surface area contributed by atoms with Crippen molar-refractivity contribution < 1.29 is 23.8 Å². The molecule has 0 radical (unpaired) electrons. The highest BCUT2D eigenvalue weighted by molar-refractivity contribution is 6.01. The molecule has 0 bridgehead atoms. The van der Waals surface area contributed by atoms with E-state index < -0.39 is 11.9 Å². The minimum Gasteiger partial charge on any atom is -0.494 e. The van der Waals surface area contributed by atoms with Crippen LogP contribution >= 0.6 is 0 Å². The highest BCUT2D eigenvalue weighted by Crippen LogP contribution is 2.29. The predicted octanol–water partition coefficient (Wildman–Crippen LogP) is 4.24. The Morgan fingerprint density at radius 3 is 2.57 bits per heavy atom. The molecule has 9 nitrogen and oxygen atoms in total. The summed E-state index contributed by atoms with van der Waals surface area (Å²) in [6, 6.07) is 14.8. The first-order valence-electron chi connectivity index (χ1n) is 11.1. The minimum absolute atomic E-state index is 0.107. The third kappa shape index (κ3) is 5.08. The molecule has 4 rings (SSSR count). The molecule has 4 aromatic rings. The van der Waals surface area contributed by atoms with Crippen LogP contribution in [0.25, 0.3) is 16.7 Å². The number of nitrogens with one attached hydrogen (secondary N) is 1. The van der Waals surface area contributed by atoms with Crippen molar-refractivity contribution in [2.24, 2.45) is 0 Å². The number of esters is 1. The van der Waals surface area contributed by atoms with Crippen LogP contribution in [0.5, 0.6) is 11.5 Å². The van der Waals surface area contributed by atoms with Crippen LogP contribution in [0.15, 0.2) is 54.7 Å². The number of carbonyl (C=O) groups excluding carboxylic acids is 2. The number of ether oxygens (including phenoxy) is 3. The fourth-order valence-corrected chi connectivity index (χ4v) is 3.60. The zero-order chi connectivity index (χ0) is 24.9. The lowest BCUT2D eigenvalue weighted by Crippen LogP contribution is -2.23. The lowest BCUT2D eigenvalue weighted by Gasteiger charge is -2.13. The normalized spacial score (nSPS) is 10.7. The number of para-hydroxylation sites is 1. The van der Waals surface area contributed by atoms with Crippen LogP contribution in [-0.4, -0.2) is 47.0 Å². The summed E-state index contributed by atoms with van der Waals surface area (Å²) < 4.78 is 17.6. The number of anilines is 1. The molecule has 180 valence electrons. The Labute approximate surface area is 202 Å². The molecular weight excluding hydrogens is 448 g/mol. The van der Waals surface area contributed by atoms with Crippen LogP contribution in [0.2, 0.25) is 0 Å². The van der Waals surface area contributed by atoms with Gasteiger partial charge in [-0.05, 0) is 50.6 Å². The zero-order valence-corrected chi connectivity index (χ0v) is 20.0. The van der Waals surface area contributed by atoms with Gasteiger partial charge in [-0.3, -0.25) is 4.79 Å². The second kappa shape index (κ2) is 10.3. The van der Waals surface area contributed by atoms with Gasteiger partial charge in [0.15, 0.2) is 18.2 Å². The van der Waals surface area contributed by atoms with E-state index in [1.165, 1.54) is 10.9 Å². The first-order chi connectivity index (χ1) is 16.9. The Hall–Kier alpha value is -4.40. The van der Waals surface area contributed by atoms with Crippen molar-refractivity contribution in [3.05, 3.63) is 71.4 Å². The summed E-state index contributed by atoms with van der Waals surface area (Å²) >= 11 is 0. The van der Waals surface area contributed by atoms with E-state index in [-0.39, 0.29) is 24.6 Å². The molecule has 35 heavy (non-hydrogen) atoms. The van der Waals surface area contributed by atoms with E-state index in [0.717, 1.165) is 16.5 Å². The van der Waals surface area contributed by atoms with Crippen molar-refractivity contribution in [3.63, 3.8) is 0 Å². The fraction of sp³-hybridized carbons (Fsp3) is 0.231. The summed E-state index contributed by atoms with van der Waals surface area (Å²) in [5.74, 6) is 0.634. The van der Waals surface area contributed by atoms with Gasteiger partial charge in [0.2, 0.25) is 0 Å². The Bertz CT molecular complexity index is 1380. The van der Waals surface area contributed by atoms with E-state index in [2.05, 4.69) is 10.4 Å².